The van der Waals surface area contributed by atoms with Gasteiger partial charge in [0.05, 0.1) is 5.75 Å². The zero-order chi connectivity index (χ0) is 18.7. The summed E-state index contributed by atoms with van der Waals surface area (Å²) in [6.07, 6.45) is 1.22. The van der Waals surface area contributed by atoms with Crippen molar-refractivity contribution in [3.8, 4) is 0 Å². The first kappa shape index (κ1) is 20.2. The predicted molar refractivity (Wildman–Crippen MR) is 101 cm³/mol. The topological polar surface area (TPSA) is 75.7 Å². The van der Waals surface area contributed by atoms with Gasteiger partial charge in [-0.2, -0.15) is 0 Å². The molecule has 140 valence electrons. The van der Waals surface area contributed by atoms with Crippen molar-refractivity contribution in [1.82, 2.24) is 9.62 Å². The highest BCUT2D eigenvalue weighted by atomic mass is 79.9. The van der Waals surface area contributed by atoms with Crippen LogP contribution >= 0.6 is 15.9 Å². The lowest BCUT2D eigenvalue weighted by Gasteiger charge is -2.28. The van der Waals surface area contributed by atoms with Crippen molar-refractivity contribution in [1.29, 1.82) is 0 Å². The number of ether oxygens (including phenoxy) is 1. The number of nitrogens with one attached hydrogen (secondary N) is 1. The van der Waals surface area contributed by atoms with Crippen molar-refractivity contribution >= 4 is 32.0 Å². The van der Waals surface area contributed by atoms with Gasteiger partial charge in [0, 0.05) is 23.6 Å². The van der Waals surface area contributed by atoms with E-state index in [4.69, 9.17) is 4.74 Å². The maximum Gasteiger partial charge on any atom is 0.410 e. The van der Waals surface area contributed by atoms with E-state index in [1.54, 1.807) is 17.0 Å². The second kappa shape index (κ2) is 8.05. The Kier molecular flexibility index (Phi) is 6.51. The molecule has 1 aliphatic rings. The van der Waals surface area contributed by atoms with Gasteiger partial charge in [-0.25, -0.2) is 17.9 Å². The van der Waals surface area contributed by atoms with E-state index >= 15 is 0 Å². The van der Waals surface area contributed by atoms with E-state index < -0.39 is 15.6 Å². The standard InChI is InChI=1S/C17H25BrN2O4S/c1-17(2,3)24-16(21)20-10-4-5-15(20)11-19-25(22,23)12-13-6-8-14(18)9-7-13/h6-9,15,19H,4-5,10-12H2,1-3H3. The summed E-state index contributed by atoms with van der Waals surface area (Å²) in [5.41, 5.74) is 0.150. The van der Waals surface area contributed by atoms with E-state index in [0.717, 1.165) is 17.3 Å². The lowest BCUT2D eigenvalue weighted by molar-refractivity contribution is 0.0229. The summed E-state index contributed by atoms with van der Waals surface area (Å²) in [7, 11) is -3.46. The monoisotopic (exact) mass is 432 g/mol. The van der Waals surface area contributed by atoms with Crippen molar-refractivity contribution in [2.45, 2.75) is 51.0 Å². The molecule has 6 nitrogen and oxygen atoms in total. The second-order valence-electron chi connectivity index (χ2n) is 7.20. The van der Waals surface area contributed by atoms with Crippen LogP contribution in [0.4, 0.5) is 4.79 Å². The van der Waals surface area contributed by atoms with Gasteiger partial charge in [0.2, 0.25) is 10.0 Å². The van der Waals surface area contributed by atoms with Crippen LogP contribution in [-0.4, -0.2) is 44.1 Å². The smallest absolute Gasteiger partial charge is 0.410 e. The Hall–Kier alpha value is -1.12. The number of nitrogens with zero attached hydrogens (tertiary/aromatic N) is 1. The van der Waals surface area contributed by atoms with E-state index in [2.05, 4.69) is 20.7 Å². The zero-order valence-electron chi connectivity index (χ0n) is 14.8. The largest absolute Gasteiger partial charge is 0.444 e. The zero-order valence-corrected chi connectivity index (χ0v) is 17.2. The predicted octanol–water partition coefficient (Wildman–Crippen LogP) is 3.27. The van der Waals surface area contributed by atoms with Gasteiger partial charge in [-0.1, -0.05) is 28.1 Å². The van der Waals surface area contributed by atoms with Gasteiger partial charge in [0.25, 0.3) is 0 Å². The summed E-state index contributed by atoms with van der Waals surface area (Å²) >= 11 is 3.33. The fourth-order valence-electron chi connectivity index (χ4n) is 2.68. The number of benzene rings is 1. The summed E-state index contributed by atoms with van der Waals surface area (Å²) in [5, 5.41) is 0. The minimum absolute atomic E-state index is 0.0839. The summed E-state index contributed by atoms with van der Waals surface area (Å²) < 4.78 is 33.5. The third-order valence-electron chi connectivity index (χ3n) is 3.81. The Balaban J connectivity index is 1.92. The number of hydrogen-bond acceptors (Lipinski definition) is 4. The quantitative estimate of drug-likeness (QED) is 0.774. The van der Waals surface area contributed by atoms with E-state index in [0.29, 0.717) is 12.1 Å². The van der Waals surface area contributed by atoms with E-state index in [9.17, 15) is 13.2 Å². The molecule has 1 heterocycles. The molecule has 1 aromatic rings. The van der Waals surface area contributed by atoms with Gasteiger partial charge < -0.3 is 9.64 Å². The number of halogens is 1. The van der Waals surface area contributed by atoms with Crippen LogP contribution in [0.2, 0.25) is 0 Å². The molecule has 2 rings (SSSR count). The molecule has 0 radical (unpaired) electrons. The van der Waals surface area contributed by atoms with Crippen molar-refractivity contribution in [3.63, 3.8) is 0 Å². The Morgan fingerprint density at radius 1 is 1.32 bits per heavy atom. The first-order valence-electron chi connectivity index (χ1n) is 8.27. The molecule has 1 amide bonds. The number of rotatable bonds is 5. The van der Waals surface area contributed by atoms with Crippen LogP contribution < -0.4 is 4.72 Å². The number of carbonyl (C=O) groups excluding carboxylic acids is 1. The number of likely N-dealkylation sites (tertiary alicyclic amines) is 1. The molecule has 1 atom stereocenters. The molecule has 1 unspecified atom stereocenters. The second-order valence-corrected chi connectivity index (χ2v) is 9.93. The van der Waals surface area contributed by atoms with Crippen molar-refractivity contribution < 1.29 is 17.9 Å². The third kappa shape index (κ3) is 6.60. The summed E-state index contributed by atoms with van der Waals surface area (Å²) in [4.78, 5) is 13.9. The van der Waals surface area contributed by atoms with E-state index in [1.165, 1.54) is 0 Å². The number of sulfonamides is 1. The van der Waals surface area contributed by atoms with E-state index in [1.807, 2.05) is 32.9 Å². The SMILES string of the molecule is CC(C)(C)OC(=O)N1CCCC1CNS(=O)(=O)Cc1ccc(Br)cc1. The lowest BCUT2D eigenvalue weighted by Crippen LogP contribution is -2.45. The molecule has 8 heteroatoms. The number of carbonyl (C=O) groups is 1. The molecule has 1 saturated heterocycles. The molecule has 1 N–H and O–H groups in total. The number of hydrogen-bond donors (Lipinski definition) is 1. The Bertz CT molecular complexity index is 698. The van der Waals surface area contributed by atoms with Crippen LogP contribution in [0.25, 0.3) is 0 Å². The third-order valence-corrected chi connectivity index (χ3v) is 5.66. The minimum atomic E-state index is -3.46. The van der Waals surface area contributed by atoms with Crippen molar-refractivity contribution in [3.05, 3.63) is 34.3 Å². The van der Waals surface area contributed by atoms with Gasteiger partial charge in [-0.3, -0.25) is 0 Å². The van der Waals surface area contributed by atoms with Gasteiger partial charge in [0.15, 0.2) is 0 Å². The fraction of sp³-hybridized carbons (Fsp3) is 0.588. The van der Waals surface area contributed by atoms with Crippen molar-refractivity contribution in [2.75, 3.05) is 13.1 Å². The maximum absolute atomic E-state index is 12.3. The Morgan fingerprint density at radius 3 is 2.56 bits per heavy atom. The molecular formula is C17H25BrN2O4S. The van der Waals surface area contributed by atoms with Crippen molar-refractivity contribution in [2.24, 2.45) is 0 Å². The average Bonchev–Trinajstić information content (AvgIpc) is 2.94. The molecule has 0 bridgehead atoms. The number of amides is 1. The van der Waals surface area contributed by atoms with Gasteiger partial charge in [-0.15, -0.1) is 0 Å². The van der Waals surface area contributed by atoms with Gasteiger partial charge in [0.1, 0.15) is 5.60 Å². The maximum atomic E-state index is 12.3. The molecule has 0 spiro atoms. The Labute approximate surface area is 158 Å². The van der Waals surface area contributed by atoms with Crippen LogP contribution in [0.15, 0.2) is 28.7 Å². The fourth-order valence-corrected chi connectivity index (χ4v) is 4.13. The molecule has 0 aliphatic carbocycles. The highest BCUT2D eigenvalue weighted by Crippen LogP contribution is 2.21. The summed E-state index contributed by atoms with van der Waals surface area (Å²) in [6.45, 7) is 6.25. The van der Waals surface area contributed by atoms with Crippen LogP contribution in [-0.2, 0) is 20.5 Å². The van der Waals surface area contributed by atoms with Crippen LogP contribution in [0, 0.1) is 0 Å². The average molecular weight is 433 g/mol. The summed E-state index contributed by atoms with van der Waals surface area (Å²) in [5.74, 6) is -0.0839. The first-order valence-corrected chi connectivity index (χ1v) is 10.7. The molecule has 0 aromatic heterocycles. The van der Waals surface area contributed by atoms with Crippen LogP contribution in [0.3, 0.4) is 0 Å². The van der Waals surface area contributed by atoms with Gasteiger partial charge in [-0.05, 0) is 51.3 Å². The molecule has 1 fully saturated rings. The first-order chi connectivity index (χ1) is 11.6. The minimum Gasteiger partial charge on any atom is -0.444 e. The summed E-state index contributed by atoms with van der Waals surface area (Å²) in [6, 6.07) is 6.99. The van der Waals surface area contributed by atoms with Crippen LogP contribution in [0.1, 0.15) is 39.2 Å². The lowest BCUT2D eigenvalue weighted by atomic mass is 10.2. The highest BCUT2D eigenvalue weighted by molar-refractivity contribution is 9.10. The van der Waals surface area contributed by atoms with E-state index in [-0.39, 0.29) is 24.4 Å². The molecule has 1 aliphatic heterocycles. The molecular weight excluding hydrogens is 408 g/mol. The molecule has 0 saturated carbocycles. The highest BCUT2D eigenvalue weighted by Gasteiger charge is 2.32. The normalized spacial score (nSPS) is 18.4. The Morgan fingerprint density at radius 2 is 1.96 bits per heavy atom. The molecule has 25 heavy (non-hydrogen) atoms. The molecule has 1 aromatic carbocycles. The van der Waals surface area contributed by atoms with Gasteiger partial charge >= 0.3 is 6.09 Å². The van der Waals surface area contributed by atoms with Crippen LogP contribution in [0.5, 0.6) is 0 Å².